The Kier molecular flexibility index (Phi) is 6.22. The molecule has 0 amide bonds. The van der Waals surface area contributed by atoms with Gasteiger partial charge in [0, 0.05) is 16.7 Å². The van der Waals surface area contributed by atoms with E-state index in [9.17, 15) is 14.7 Å². The van der Waals surface area contributed by atoms with Gasteiger partial charge in [-0.2, -0.15) is 0 Å². The second-order valence-electron chi connectivity index (χ2n) is 7.91. The smallest absolute Gasteiger partial charge is 0.338 e. The Morgan fingerprint density at radius 3 is 1.97 bits per heavy atom. The standard InChI is InChI=1S/C27H22O10/c1-31-19-10-15(6-9-18(29)14-4-7-16(28)8-5-14)21(25-23(19)34-12-36-25)22-17(27(30)33-3)11-20(32-2)24-26(22)37-13-35-24/h4-11,28H,12-13H2,1-3H3/b9-6+. The predicted molar refractivity (Wildman–Crippen MR) is 130 cm³/mol. The molecule has 0 radical (unpaired) electrons. The fourth-order valence-electron chi connectivity index (χ4n) is 4.19. The van der Waals surface area contributed by atoms with E-state index in [1.54, 1.807) is 12.1 Å². The third kappa shape index (κ3) is 4.12. The number of phenolic OH excluding ortho intramolecular Hbond substituents is 1. The molecule has 5 rings (SSSR count). The van der Waals surface area contributed by atoms with E-state index in [0.29, 0.717) is 51.0 Å². The Hall–Kier alpha value is -4.86. The molecule has 0 fully saturated rings. The lowest BCUT2D eigenvalue weighted by atomic mass is 9.91. The molecule has 2 aliphatic heterocycles. The fourth-order valence-corrected chi connectivity index (χ4v) is 4.19. The highest BCUT2D eigenvalue weighted by atomic mass is 16.7. The first-order chi connectivity index (χ1) is 18.0. The van der Waals surface area contributed by atoms with Gasteiger partial charge in [-0.15, -0.1) is 0 Å². The van der Waals surface area contributed by atoms with Gasteiger partial charge in [-0.3, -0.25) is 4.79 Å². The van der Waals surface area contributed by atoms with Crippen LogP contribution in [-0.2, 0) is 4.74 Å². The molecule has 0 saturated carbocycles. The summed E-state index contributed by atoms with van der Waals surface area (Å²) in [4.78, 5) is 25.8. The van der Waals surface area contributed by atoms with Gasteiger partial charge in [0.25, 0.3) is 0 Å². The predicted octanol–water partition coefficient (Wildman–Crippen LogP) is 4.22. The van der Waals surface area contributed by atoms with Gasteiger partial charge in [-0.1, -0.05) is 6.08 Å². The quantitative estimate of drug-likeness (QED) is 0.283. The number of esters is 1. The molecule has 0 spiro atoms. The molecule has 2 heterocycles. The number of phenols is 1. The van der Waals surface area contributed by atoms with Gasteiger partial charge in [0.1, 0.15) is 5.75 Å². The van der Waals surface area contributed by atoms with Crippen molar-refractivity contribution in [3.8, 4) is 51.4 Å². The number of methoxy groups -OCH3 is 3. The summed E-state index contributed by atoms with van der Waals surface area (Å²) in [6.07, 6.45) is 2.94. The summed E-state index contributed by atoms with van der Waals surface area (Å²) in [5.74, 6) is 0.942. The summed E-state index contributed by atoms with van der Waals surface area (Å²) >= 11 is 0. The first kappa shape index (κ1) is 23.9. The van der Waals surface area contributed by atoms with Gasteiger partial charge < -0.3 is 38.3 Å². The summed E-state index contributed by atoms with van der Waals surface area (Å²) in [5.41, 5.74) is 1.71. The van der Waals surface area contributed by atoms with Crippen LogP contribution in [0.25, 0.3) is 17.2 Å². The van der Waals surface area contributed by atoms with Crippen LogP contribution >= 0.6 is 0 Å². The van der Waals surface area contributed by atoms with Gasteiger partial charge in [-0.25, -0.2) is 4.79 Å². The molecule has 3 aromatic carbocycles. The Balaban J connectivity index is 1.76. The third-order valence-corrected chi connectivity index (χ3v) is 5.91. The number of hydrogen-bond acceptors (Lipinski definition) is 10. The van der Waals surface area contributed by atoms with E-state index < -0.39 is 5.97 Å². The topological polar surface area (TPSA) is 119 Å². The number of allylic oxidation sites excluding steroid dienone is 1. The lowest BCUT2D eigenvalue weighted by molar-refractivity contribution is 0.0600. The van der Waals surface area contributed by atoms with Crippen LogP contribution in [0, 0.1) is 0 Å². The van der Waals surface area contributed by atoms with Crippen LogP contribution < -0.4 is 28.4 Å². The van der Waals surface area contributed by atoms with E-state index in [1.165, 1.54) is 57.7 Å². The van der Waals surface area contributed by atoms with Crippen LogP contribution in [0.1, 0.15) is 26.3 Å². The number of ether oxygens (including phenoxy) is 7. The molecule has 2 aliphatic rings. The lowest BCUT2D eigenvalue weighted by Crippen LogP contribution is -2.06. The first-order valence-electron chi connectivity index (χ1n) is 11.1. The Bertz CT molecular complexity index is 1420. The van der Waals surface area contributed by atoms with E-state index in [0.717, 1.165) is 0 Å². The van der Waals surface area contributed by atoms with Crippen molar-refractivity contribution < 1.29 is 47.9 Å². The maximum atomic E-state index is 12.9. The normalized spacial score (nSPS) is 13.1. The largest absolute Gasteiger partial charge is 0.508 e. The van der Waals surface area contributed by atoms with Gasteiger partial charge in [0.2, 0.25) is 25.1 Å². The van der Waals surface area contributed by atoms with Crippen LogP contribution in [0.3, 0.4) is 0 Å². The van der Waals surface area contributed by atoms with Crippen molar-refractivity contribution in [1.82, 2.24) is 0 Å². The number of benzene rings is 3. The molecule has 37 heavy (non-hydrogen) atoms. The van der Waals surface area contributed by atoms with Crippen molar-refractivity contribution in [3.63, 3.8) is 0 Å². The number of carbonyl (C=O) groups excluding carboxylic acids is 2. The average Bonchev–Trinajstić information content (AvgIpc) is 3.61. The number of hydrogen-bond donors (Lipinski definition) is 1. The van der Waals surface area contributed by atoms with Crippen LogP contribution in [0.5, 0.6) is 40.2 Å². The highest BCUT2D eigenvalue weighted by Crippen LogP contribution is 2.56. The van der Waals surface area contributed by atoms with Crippen LogP contribution in [0.2, 0.25) is 0 Å². The van der Waals surface area contributed by atoms with Crippen LogP contribution in [0.4, 0.5) is 0 Å². The van der Waals surface area contributed by atoms with E-state index in [2.05, 4.69) is 0 Å². The Morgan fingerprint density at radius 1 is 0.811 bits per heavy atom. The van der Waals surface area contributed by atoms with Crippen molar-refractivity contribution in [2.45, 2.75) is 0 Å². The molecule has 0 unspecified atom stereocenters. The van der Waals surface area contributed by atoms with Crippen molar-refractivity contribution in [3.05, 3.63) is 59.2 Å². The number of carbonyl (C=O) groups is 2. The number of fused-ring (bicyclic) bond motifs is 2. The molecule has 1 N–H and O–H groups in total. The molecule has 190 valence electrons. The second kappa shape index (κ2) is 9.65. The molecule has 0 atom stereocenters. The molecule has 0 aliphatic carbocycles. The molecule has 0 saturated heterocycles. The zero-order chi connectivity index (χ0) is 26.1. The summed E-state index contributed by atoms with van der Waals surface area (Å²) in [6, 6.07) is 9.04. The van der Waals surface area contributed by atoms with Crippen LogP contribution in [0.15, 0.2) is 42.5 Å². The number of aromatic hydroxyl groups is 1. The summed E-state index contributed by atoms with van der Waals surface area (Å²) in [5, 5.41) is 9.52. The van der Waals surface area contributed by atoms with Gasteiger partial charge in [0.15, 0.2) is 28.8 Å². The Morgan fingerprint density at radius 2 is 1.38 bits per heavy atom. The van der Waals surface area contributed by atoms with E-state index in [4.69, 9.17) is 33.2 Å². The molecule has 0 bridgehead atoms. The summed E-state index contributed by atoms with van der Waals surface area (Å²) < 4.78 is 38.9. The SMILES string of the molecule is COC(=O)c1cc(OC)c2c(c1-c1c(/C=C/C(=O)c3ccc(O)cc3)cc(OC)c3c1OCO3)OCO2. The molecular weight excluding hydrogens is 484 g/mol. The van der Waals surface area contributed by atoms with Crippen molar-refractivity contribution in [2.24, 2.45) is 0 Å². The summed E-state index contributed by atoms with van der Waals surface area (Å²) in [6.45, 7) is -0.176. The van der Waals surface area contributed by atoms with E-state index >= 15 is 0 Å². The van der Waals surface area contributed by atoms with E-state index in [-0.39, 0.29) is 36.4 Å². The van der Waals surface area contributed by atoms with Gasteiger partial charge >= 0.3 is 5.97 Å². The number of ketones is 1. The van der Waals surface area contributed by atoms with E-state index in [1.807, 2.05) is 0 Å². The van der Waals surface area contributed by atoms with Crippen molar-refractivity contribution >= 4 is 17.8 Å². The summed E-state index contributed by atoms with van der Waals surface area (Å²) in [7, 11) is 4.19. The molecule has 10 heteroatoms. The minimum atomic E-state index is -0.648. The average molecular weight is 506 g/mol. The third-order valence-electron chi connectivity index (χ3n) is 5.91. The van der Waals surface area contributed by atoms with Gasteiger partial charge in [-0.05, 0) is 48.0 Å². The fraction of sp³-hybridized carbons (Fsp3) is 0.185. The van der Waals surface area contributed by atoms with Crippen LogP contribution in [-0.4, -0.2) is 51.8 Å². The molecule has 3 aromatic rings. The minimum absolute atomic E-state index is 0.0502. The zero-order valence-corrected chi connectivity index (χ0v) is 20.2. The highest BCUT2D eigenvalue weighted by molar-refractivity contribution is 6.09. The van der Waals surface area contributed by atoms with Gasteiger partial charge in [0.05, 0.1) is 26.9 Å². The Labute approximate surface area is 211 Å². The number of rotatable bonds is 7. The highest BCUT2D eigenvalue weighted by Gasteiger charge is 2.35. The van der Waals surface area contributed by atoms with Crippen molar-refractivity contribution in [1.29, 1.82) is 0 Å². The zero-order valence-electron chi connectivity index (χ0n) is 20.2. The molecular formula is C27H22O10. The first-order valence-corrected chi connectivity index (χ1v) is 11.1. The monoisotopic (exact) mass is 506 g/mol. The molecule has 0 aromatic heterocycles. The maximum Gasteiger partial charge on any atom is 0.338 e. The second-order valence-corrected chi connectivity index (χ2v) is 7.91. The lowest BCUT2D eigenvalue weighted by Gasteiger charge is -2.18. The maximum absolute atomic E-state index is 12.9. The molecule has 10 nitrogen and oxygen atoms in total. The minimum Gasteiger partial charge on any atom is -0.508 e. The van der Waals surface area contributed by atoms with Crippen molar-refractivity contribution in [2.75, 3.05) is 34.9 Å².